The zero-order chi connectivity index (χ0) is 20.9. The lowest BCUT2D eigenvalue weighted by molar-refractivity contribution is -0.121. The third-order valence-corrected chi connectivity index (χ3v) is 6.23. The maximum absolute atomic E-state index is 12.7. The predicted octanol–water partition coefficient (Wildman–Crippen LogP) is 2.51. The molecule has 0 bridgehead atoms. The molecule has 0 radical (unpaired) electrons. The highest BCUT2D eigenvalue weighted by molar-refractivity contribution is 7.89. The second-order valence-corrected chi connectivity index (χ2v) is 8.50. The number of aryl methyl sites for hydroxylation is 1. The minimum Gasteiger partial charge on any atom is -0.497 e. The molecule has 0 saturated heterocycles. The number of sulfonamides is 1. The second-order valence-electron chi connectivity index (χ2n) is 6.45. The van der Waals surface area contributed by atoms with Crippen LogP contribution in [-0.2, 0) is 14.8 Å². The Morgan fingerprint density at radius 3 is 2.29 bits per heavy atom. The van der Waals surface area contributed by atoms with Gasteiger partial charge in [-0.1, -0.05) is 12.1 Å². The lowest BCUT2D eigenvalue weighted by Gasteiger charge is -2.20. The van der Waals surface area contributed by atoms with Crippen molar-refractivity contribution in [3.8, 4) is 11.5 Å². The average molecular weight is 407 g/mol. The molecule has 0 aromatic heterocycles. The molecule has 1 N–H and O–H groups in total. The number of methoxy groups -OCH3 is 2. The van der Waals surface area contributed by atoms with Gasteiger partial charge in [-0.15, -0.1) is 0 Å². The molecule has 0 aliphatic carbocycles. The van der Waals surface area contributed by atoms with Crippen molar-refractivity contribution in [3.05, 3.63) is 53.6 Å². The van der Waals surface area contributed by atoms with E-state index in [0.717, 1.165) is 15.6 Å². The molecule has 0 unspecified atom stereocenters. The first kappa shape index (κ1) is 21.7. The fourth-order valence-electron chi connectivity index (χ4n) is 2.74. The van der Waals surface area contributed by atoms with Crippen molar-refractivity contribution >= 4 is 15.9 Å². The van der Waals surface area contributed by atoms with E-state index in [1.54, 1.807) is 32.2 Å². The number of ether oxygens (including phenoxy) is 2. The highest BCUT2D eigenvalue weighted by Crippen LogP contribution is 2.23. The monoisotopic (exact) mass is 406 g/mol. The molecule has 28 heavy (non-hydrogen) atoms. The molecule has 1 atom stereocenters. The molecule has 8 heteroatoms. The molecule has 2 rings (SSSR count). The van der Waals surface area contributed by atoms with Crippen LogP contribution in [0.5, 0.6) is 11.5 Å². The Hall–Kier alpha value is -2.58. The third kappa shape index (κ3) is 5.02. The van der Waals surface area contributed by atoms with Crippen molar-refractivity contribution < 1.29 is 22.7 Å². The minimum absolute atomic E-state index is 0.115. The van der Waals surface area contributed by atoms with Crippen LogP contribution in [0.1, 0.15) is 24.1 Å². The number of carbonyl (C=O) groups excluding carboxylic acids is 1. The number of likely N-dealkylation sites (N-methyl/N-ethyl adjacent to an activating group) is 1. The van der Waals surface area contributed by atoms with E-state index in [1.165, 1.54) is 26.3 Å². The van der Waals surface area contributed by atoms with E-state index in [1.807, 2.05) is 19.1 Å². The maximum Gasteiger partial charge on any atom is 0.243 e. The fraction of sp³-hybridized carbons (Fsp3) is 0.350. The van der Waals surface area contributed by atoms with Crippen LogP contribution >= 0.6 is 0 Å². The molecular formula is C20H26N2O5S. The van der Waals surface area contributed by atoms with Crippen molar-refractivity contribution in [3.63, 3.8) is 0 Å². The number of nitrogens with one attached hydrogen (secondary N) is 1. The highest BCUT2D eigenvalue weighted by atomic mass is 32.2. The molecule has 2 aromatic carbocycles. The van der Waals surface area contributed by atoms with Gasteiger partial charge in [0.25, 0.3) is 0 Å². The quantitative estimate of drug-likeness (QED) is 0.728. The topological polar surface area (TPSA) is 84.9 Å². The summed E-state index contributed by atoms with van der Waals surface area (Å²) >= 11 is 0. The summed E-state index contributed by atoms with van der Waals surface area (Å²) in [7, 11) is 0.700. The molecule has 7 nitrogen and oxygen atoms in total. The summed E-state index contributed by atoms with van der Waals surface area (Å²) in [5.74, 6) is 0.940. The Balaban J connectivity index is 2.04. The van der Waals surface area contributed by atoms with E-state index >= 15 is 0 Å². The smallest absolute Gasteiger partial charge is 0.243 e. The van der Waals surface area contributed by atoms with Crippen molar-refractivity contribution in [2.45, 2.75) is 24.8 Å². The summed E-state index contributed by atoms with van der Waals surface area (Å²) in [4.78, 5) is 12.5. The number of hydrogen-bond donors (Lipinski definition) is 1. The van der Waals surface area contributed by atoms with Gasteiger partial charge in [0.1, 0.15) is 11.5 Å². The predicted molar refractivity (Wildman–Crippen MR) is 107 cm³/mol. The average Bonchev–Trinajstić information content (AvgIpc) is 2.67. The van der Waals surface area contributed by atoms with Gasteiger partial charge in [-0.3, -0.25) is 4.79 Å². The number of benzene rings is 2. The molecule has 152 valence electrons. The Kier molecular flexibility index (Phi) is 7.04. The van der Waals surface area contributed by atoms with E-state index in [9.17, 15) is 13.2 Å². The largest absolute Gasteiger partial charge is 0.497 e. The first-order valence-corrected chi connectivity index (χ1v) is 10.2. The molecule has 0 saturated carbocycles. The van der Waals surface area contributed by atoms with Crippen LogP contribution in [0.15, 0.2) is 47.4 Å². The van der Waals surface area contributed by atoms with Gasteiger partial charge in [-0.05, 0) is 55.3 Å². The van der Waals surface area contributed by atoms with E-state index in [2.05, 4.69) is 5.32 Å². The van der Waals surface area contributed by atoms with Crippen LogP contribution in [0.3, 0.4) is 0 Å². The van der Waals surface area contributed by atoms with Crippen LogP contribution in [0.2, 0.25) is 0 Å². The van der Waals surface area contributed by atoms with E-state index in [4.69, 9.17) is 9.47 Å². The summed E-state index contributed by atoms with van der Waals surface area (Å²) in [5, 5.41) is 2.81. The Bertz CT molecular complexity index is 926. The van der Waals surface area contributed by atoms with Gasteiger partial charge in [0, 0.05) is 7.05 Å². The van der Waals surface area contributed by atoms with Gasteiger partial charge < -0.3 is 14.8 Å². The standard InChI is InChI=1S/C20H26N2O5S/c1-14-12-18(10-11-19(14)27-5)28(24,25)22(3)13-20(23)21-15(2)16-6-8-17(26-4)9-7-16/h6-12,15H,13H2,1-5H3,(H,21,23)/t15-/m1/s1. The molecule has 1 amide bonds. The van der Waals surface area contributed by atoms with Gasteiger partial charge in [-0.25, -0.2) is 8.42 Å². The van der Waals surface area contributed by atoms with Crippen LogP contribution in [0.25, 0.3) is 0 Å². The first-order valence-electron chi connectivity index (χ1n) is 8.73. The van der Waals surface area contributed by atoms with Crippen molar-refractivity contribution in [2.75, 3.05) is 27.8 Å². The molecule has 0 aliphatic heterocycles. The number of amides is 1. The van der Waals surface area contributed by atoms with Gasteiger partial charge in [0.2, 0.25) is 15.9 Å². The lowest BCUT2D eigenvalue weighted by atomic mass is 10.1. The van der Waals surface area contributed by atoms with Gasteiger partial charge >= 0.3 is 0 Å². The third-order valence-electron chi connectivity index (χ3n) is 4.43. The van der Waals surface area contributed by atoms with Crippen LogP contribution in [0.4, 0.5) is 0 Å². The molecule has 0 heterocycles. The lowest BCUT2D eigenvalue weighted by Crippen LogP contribution is -2.39. The van der Waals surface area contributed by atoms with Crippen LogP contribution < -0.4 is 14.8 Å². The second kappa shape index (κ2) is 9.07. The SMILES string of the molecule is COc1ccc([C@@H](C)NC(=O)CN(C)S(=O)(=O)c2ccc(OC)c(C)c2)cc1. The van der Waals surface area contributed by atoms with E-state index < -0.39 is 10.0 Å². The zero-order valence-corrected chi connectivity index (χ0v) is 17.5. The maximum atomic E-state index is 12.7. The fourth-order valence-corrected chi connectivity index (χ4v) is 3.95. The summed E-state index contributed by atoms with van der Waals surface area (Å²) in [6.45, 7) is 3.32. The summed E-state index contributed by atoms with van der Waals surface area (Å²) < 4.78 is 36.8. The summed E-state index contributed by atoms with van der Waals surface area (Å²) in [6.07, 6.45) is 0. The molecule has 0 fully saturated rings. The number of nitrogens with zero attached hydrogens (tertiary/aromatic N) is 1. The molecule has 0 spiro atoms. The van der Waals surface area contributed by atoms with Gasteiger partial charge in [0.05, 0.1) is 31.7 Å². The van der Waals surface area contributed by atoms with Gasteiger partial charge in [0.15, 0.2) is 0 Å². The van der Waals surface area contributed by atoms with Gasteiger partial charge in [-0.2, -0.15) is 4.31 Å². The summed E-state index contributed by atoms with van der Waals surface area (Å²) in [6, 6.07) is 11.6. The first-order chi connectivity index (χ1) is 13.2. The zero-order valence-electron chi connectivity index (χ0n) is 16.7. The number of hydrogen-bond acceptors (Lipinski definition) is 5. The summed E-state index contributed by atoms with van der Waals surface area (Å²) in [5.41, 5.74) is 1.60. The minimum atomic E-state index is -3.79. The normalized spacial score (nSPS) is 12.5. The Labute approximate surface area is 166 Å². The Morgan fingerprint density at radius 1 is 1.11 bits per heavy atom. The van der Waals surface area contributed by atoms with Crippen molar-refractivity contribution in [1.82, 2.24) is 9.62 Å². The van der Waals surface area contributed by atoms with Crippen LogP contribution in [0, 0.1) is 6.92 Å². The number of carbonyl (C=O) groups is 1. The van der Waals surface area contributed by atoms with Crippen molar-refractivity contribution in [2.24, 2.45) is 0 Å². The molecule has 0 aliphatic rings. The molecule has 2 aromatic rings. The highest BCUT2D eigenvalue weighted by Gasteiger charge is 2.24. The number of rotatable bonds is 8. The van der Waals surface area contributed by atoms with E-state index in [0.29, 0.717) is 11.3 Å². The molecular weight excluding hydrogens is 380 g/mol. The Morgan fingerprint density at radius 2 is 1.75 bits per heavy atom. The van der Waals surface area contributed by atoms with Crippen molar-refractivity contribution in [1.29, 1.82) is 0 Å². The van der Waals surface area contributed by atoms with Crippen LogP contribution in [-0.4, -0.2) is 46.4 Å². The van der Waals surface area contributed by atoms with E-state index in [-0.39, 0.29) is 23.4 Å².